The molecular formula is C9H20O3. The normalized spacial score (nSPS) is 21.8. The van der Waals surface area contributed by atoms with Gasteiger partial charge in [-0.15, -0.1) is 0 Å². The largest absolute Gasteiger partial charge is 0.382 e. The highest BCUT2D eigenvalue weighted by molar-refractivity contribution is 4.56. The van der Waals surface area contributed by atoms with Crippen molar-refractivity contribution >= 4 is 0 Å². The van der Waals surface area contributed by atoms with Crippen LogP contribution in [0.5, 0.6) is 0 Å². The molecule has 12 heavy (non-hydrogen) atoms. The van der Waals surface area contributed by atoms with E-state index in [2.05, 4.69) is 16.4 Å². The molecule has 0 aliphatic carbocycles. The smallest absolute Gasteiger partial charge is 0.0696 e. The van der Waals surface area contributed by atoms with Crippen molar-refractivity contribution in [3.63, 3.8) is 0 Å². The number of ether oxygens (including phenoxy) is 3. The van der Waals surface area contributed by atoms with Crippen LogP contribution < -0.4 is 0 Å². The highest BCUT2D eigenvalue weighted by Gasteiger charge is 2.07. The minimum atomic E-state index is 0.546. The first-order valence-electron chi connectivity index (χ1n) is 4.40. The molecule has 74 valence electrons. The van der Waals surface area contributed by atoms with Gasteiger partial charge < -0.3 is 14.2 Å². The minimum absolute atomic E-state index is 0.546. The van der Waals surface area contributed by atoms with E-state index in [0.717, 1.165) is 6.61 Å². The van der Waals surface area contributed by atoms with Gasteiger partial charge in [0.15, 0.2) is 0 Å². The summed E-state index contributed by atoms with van der Waals surface area (Å²) in [6, 6.07) is 0. The van der Waals surface area contributed by atoms with Crippen molar-refractivity contribution in [3.8, 4) is 0 Å². The third-order valence-electron chi connectivity index (χ3n) is 1.65. The van der Waals surface area contributed by atoms with Crippen LogP contribution in [0.15, 0.2) is 0 Å². The second-order valence-electron chi connectivity index (χ2n) is 2.81. The van der Waals surface area contributed by atoms with Crippen molar-refractivity contribution in [1.29, 1.82) is 0 Å². The molecule has 3 heteroatoms. The highest BCUT2D eigenvalue weighted by Crippen LogP contribution is 2.09. The van der Waals surface area contributed by atoms with E-state index < -0.39 is 0 Å². The molecule has 1 rings (SSSR count). The van der Waals surface area contributed by atoms with Gasteiger partial charge in [0.2, 0.25) is 0 Å². The zero-order chi connectivity index (χ0) is 9.23. The van der Waals surface area contributed by atoms with Crippen molar-refractivity contribution in [3.05, 3.63) is 0 Å². The molecule has 0 aromatic carbocycles. The van der Waals surface area contributed by atoms with Gasteiger partial charge in [-0.3, -0.25) is 0 Å². The first-order valence-corrected chi connectivity index (χ1v) is 4.40. The van der Waals surface area contributed by atoms with Gasteiger partial charge in [-0.1, -0.05) is 0 Å². The minimum Gasteiger partial charge on any atom is -0.382 e. The van der Waals surface area contributed by atoms with Gasteiger partial charge in [-0.2, -0.15) is 0 Å². The standard InChI is InChI=1S/C5H10O.C4H10O2/c1-5-3-2-4-6-5;1-5-3-4-6-2/h5H,2-4H2,1H3;3-4H2,1-2H3. The Kier molecular flexibility index (Phi) is 8.88. The molecule has 0 spiro atoms. The molecule has 0 radical (unpaired) electrons. The van der Waals surface area contributed by atoms with Gasteiger partial charge in [0.05, 0.1) is 19.3 Å². The van der Waals surface area contributed by atoms with Crippen LogP contribution in [-0.4, -0.2) is 40.1 Å². The van der Waals surface area contributed by atoms with E-state index in [1.54, 1.807) is 14.2 Å². The average molecular weight is 176 g/mol. The van der Waals surface area contributed by atoms with Crippen LogP contribution in [-0.2, 0) is 14.2 Å². The van der Waals surface area contributed by atoms with Gasteiger partial charge in [0, 0.05) is 20.8 Å². The third kappa shape index (κ3) is 7.98. The first kappa shape index (κ1) is 11.9. The maximum absolute atomic E-state index is 5.15. The lowest BCUT2D eigenvalue weighted by Crippen LogP contribution is -1.96. The van der Waals surface area contributed by atoms with Crippen LogP contribution in [0.2, 0.25) is 0 Å². The van der Waals surface area contributed by atoms with Crippen molar-refractivity contribution < 1.29 is 14.2 Å². The SMILES string of the molecule is CC1CCCO1.COCCOC. The molecule has 3 nitrogen and oxygen atoms in total. The Labute approximate surface area is 75.0 Å². The molecule has 0 amide bonds. The predicted molar refractivity (Wildman–Crippen MR) is 48.4 cm³/mol. The Hall–Kier alpha value is -0.120. The molecule has 1 atom stereocenters. The Morgan fingerprint density at radius 2 is 1.83 bits per heavy atom. The van der Waals surface area contributed by atoms with Crippen LogP contribution in [0.4, 0.5) is 0 Å². The van der Waals surface area contributed by atoms with Crippen LogP contribution >= 0.6 is 0 Å². The summed E-state index contributed by atoms with van der Waals surface area (Å²) in [4.78, 5) is 0. The molecule has 1 unspecified atom stereocenters. The first-order chi connectivity index (χ1) is 5.81. The Balaban J connectivity index is 0.000000202. The quantitative estimate of drug-likeness (QED) is 0.609. The van der Waals surface area contributed by atoms with Crippen LogP contribution in [0.1, 0.15) is 19.8 Å². The van der Waals surface area contributed by atoms with Gasteiger partial charge in [-0.05, 0) is 19.8 Å². The summed E-state index contributed by atoms with van der Waals surface area (Å²) in [5.74, 6) is 0. The molecule has 1 saturated heterocycles. The molecule has 0 aromatic heterocycles. The zero-order valence-corrected chi connectivity index (χ0v) is 8.34. The summed E-state index contributed by atoms with van der Waals surface area (Å²) in [5, 5.41) is 0. The summed E-state index contributed by atoms with van der Waals surface area (Å²) < 4.78 is 14.5. The van der Waals surface area contributed by atoms with Crippen molar-refractivity contribution in [2.24, 2.45) is 0 Å². The molecule has 0 N–H and O–H groups in total. The summed E-state index contributed by atoms with van der Waals surface area (Å²) in [6.45, 7) is 4.49. The maximum atomic E-state index is 5.15. The van der Waals surface area contributed by atoms with Gasteiger partial charge in [-0.25, -0.2) is 0 Å². The Bertz CT molecular complexity index is 75.8. The zero-order valence-electron chi connectivity index (χ0n) is 8.34. The van der Waals surface area contributed by atoms with Crippen LogP contribution in [0, 0.1) is 0 Å². The van der Waals surface area contributed by atoms with Crippen LogP contribution in [0.25, 0.3) is 0 Å². The van der Waals surface area contributed by atoms with Crippen molar-refractivity contribution in [1.82, 2.24) is 0 Å². The molecule has 0 aromatic rings. The number of hydrogen-bond donors (Lipinski definition) is 0. The van der Waals surface area contributed by atoms with E-state index in [9.17, 15) is 0 Å². The number of methoxy groups -OCH3 is 2. The maximum Gasteiger partial charge on any atom is 0.0696 e. The summed E-state index contributed by atoms with van der Waals surface area (Å²) in [5.41, 5.74) is 0. The Morgan fingerprint density at radius 3 is 2.00 bits per heavy atom. The van der Waals surface area contributed by atoms with Gasteiger partial charge in [0.25, 0.3) is 0 Å². The fourth-order valence-corrected chi connectivity index (χ4v) is 0.905. The van der Waals surface area contributed by atoms with Crippen molar-refractivity contribution in [2.75, 3.05) is 34.0 Å². The monoisotopic (exact) mass is 176 g/mol. The molecule has 1 fully saturated rings. The second-order valence-corrected chi connectivity index (χ2v) is 2.81. The predicted octanol–water partition coefficient (Wildman–Crippen LogP) is 1.46. The highest BCUT2D eigenvalue weighted by atomic mass is 16.5. The van der Waals surface area contributed by atoms with Crippen LogP contribution in [0.3, 0.4) is 0 Å². The van der Waals surface area contributed by atoms with E-state index in [1.807, 2.05) is 0 Å². The summed E-state index contributed by atoms with van der Waals surface area (Å²) in [7, 11) is 3.30. The van der Waals surface area contributed by atoms with E-state index in [4.69, 9.17) is 4.74 Å². The van der Waals surface area contributed by atoms with E-state index in [0.29, 0.717) is 19.3 Å². The molecule has 1 aliphatic heterocycles. The fourth-order valence-electron chi connectivity index (χ4n) is 0.905. The molecular weight excluding hydrogens is 156 g/mol. The van der Waals surface area contributed by atoms with E-state index in [1.165, 1.54) is 12.8 Å². The third-order valence-corrected chi connectivity index (χ3v) is 1.65. The molecule has 0 saturated carbocycles. The van der Waals surface area contributed by atoms with E-state index in [-0.39, 0.29) is 0 Å². The lowest BCUT2D eigenvalue weighted by Gasteiger charge is -1.94. The van der Waals surface area contributed by atoms with Gasteiger partial charge in [0.1, 0.15) is 0 Å². The molecule has 1 aliphatic rings. The van der Waals surface area contributed by atoms with Gasteiger partial charge >= 0.3 is 0 Å². The summed E-state index contributed by atoms with van der Waals surface area (Å²) >= 11 is 0. The molecule has 1 heterocycles. The summed E-state index contributed by atoms with van der Waals surface area (Å²) in [6.07, 6.45) is 3.08. The number of rotatable bonds is 3. The second kappa shape index (κ2) is 8.97. The number of hydrogen-bond acceptors (Lipinski definition) is 3. The Morgan fingerprint density at radius 1 is 1.25 bits per heavy atom. The lowest BCUT2D eigenvalue weighted by molar-refractivity contribution is 0.103. The average Bonchev–Trinajstić information content (AvgIpc) is 2.53. The van der Waals surface area contributed by atoms with Crippen molar-refractivity contribution in [2.45, 2.75) is 25.9 Å². The van der Waals surface area contributed by atoms with E-state index >= 15 is 0 Å². The molecule has 0 bridgehead atoms. The fraction of sp³-hybridized carbons (Fsp3) is 1.00. The lowest BCUT2D eigenvalue weighted by atomic mass is 10.3. The topological polar surface area (TPSA) is 27.7 Å².